The second-order valence-electron chi connectivity index (χ2n) is 6.00. The lowest BCUT2D eigenvalue weighted by atomic mass is 9.91. The van der Waals surface area contributed by atoms with E-state index in [0.29, 0.717) is 18.7 Å². The molecular formula is C16H20N4O2. The van der Waals surface area contributed by atoms with Crippen LogP contribution in [0.1, 0.15) is 25.5 Å². The second-order valence-corrected chi connectivity index (χ2v) is 6.00. The zero-order valence-electron chi connectivity index (χ0n) is 12.5. The quantitative estimate of drug-likeness (QED) is 0.845. The Morgan fingerprint density at radius 2 is 2.36 bits per heavy atom. The van der Waals surface area contributed by atoms with Crippen molar-refractivity contribution in [3.63, 3.8) is 0 Å². The van der Waals surface area contributed by atoms with Gasteiger partial charge in [-0.2, -0.15) is 0 Å². The van der Waals surface area contributed by atoms with Crippen molar-refractivity contribution in [2.45, 2.75) is 25.2 Å². The van der Waals surface area contributed by atoms with Gasteiger partial charge in [-0.1, -0.05) is 13.0 Å². The van der Waals surface area contributed by atoms with Crippen LogP contribution in [0.2, 0.25) is 0 Å². The zero-order chi connectivity index (χ0) is 15.7. The van der Waals surface area contributed by atoms with Crippen molar-refractivity contribution in [2.75, 3.05) is 6.54 Å². The van der Waals surface area contributed by atoms with Crippen LogP contribution in [0.15, 0.2) is 36.9 Å². The number of nitrogens with zero attached hydrogens (tertiary/aromatic N) is 3. The van der Waals surface area contributed by atoms with Crippen molar-refractivity contribution in [2.24, 2.45) is 17.6 Å². The van der Waals surface area contributed by atoms with Crippen molar-refractivity contribution < 1.29 is 9.90 Å². The summed E-state index contributed by atoms with van der Waals surface area (Å²) in [5.74, 6) is 0.309. The Labute approximate surface area is 129 Å². The Hall–Kier alpha value is -2.21. The molecule has 1 saturated carbocycles. The Balaban J connectivity index is 1.89. The first-order chi connectivity index (χ1) is 10.6. The average molecular weight is 300 g/mol. The molecule has 3 N–H and O–H groups in total. The first-order valence-corrected chi connectivity index (χ1v) is 7.49. The summed E-state index contributed by atoms with van der Waals surface area (Å²) in [4.78, 5) is 20.5. The molecule has 0 amide bonds. The molecule has 1 fully saturated rings. The first-order valence-electron chi connectivity index (χ1n) is 7.49. The summed E-state index contributed by atoms with van der Waals surface area (Å²) < 4.78 is 1.77. The maximum atomic E-state index is 11.9. The molecule has 1 aliphatic carbocycles. The number of aliphatic carboxylic acids is 1. The lowest BCUT2D eigenvalue weighted by molar-refractivity contribution is -0.140. The van der Waals surface area contributed by atoms with Gasteiger partial charge >= 0.3 is 5.97 Å². The van der Waals surface area contributed by atoms with E-state index in [2.05, 4.69) is 16.9 Å². The first kappa shape index (κ1) is 14.7. The number of nitrogens with two attached hydrogens (primary N) is 1. The highest BCUT2D eigenvalue weighted by molar-refractivity contribution is 5.85. The number of carboxylic acid groups (broad SMARTS) is 1. The number of hydrogen-bond donors (Lipinski definition) is 2. The summed E-state index contributed by atoms with van der Waals surface area (Å²) in [6, 6.07) is 5.59. The zero-order valence-corrected chi connectivity index (χ0v) is 12.5. The minimum Gasteiger partial charge on any atom is -0.481 e. The Kier molecular flexibility index (Phi) is 3.70. The number of hydrogen-bond acceptors (Lipinski definition) is 4. The molecule has 3 atom stereocenters. The second kappa shape index (κ2) is 5.53. The monoisotopic (exact) mass is 300 g/mol. The van der Waals surface area contributed by atoms with E-state index in [4.69, 9.17) is 5.73 Å². The molecule has 22 heavy (non-hydrogen) atoms. The fourth-order valence-electron chi connectivity index (χ4n) is 3.27. The lowest BCUT2D eigenvalue weighted by Crippen LogP contribution is -2.25. The van der Waals surface area contributed by atoms with Gasteiger partial charge in [-0.05, 0) is 43.4 Å². The maximum Gasteiger partial charge on any atom is 0.316 e. The van der Waals surface area contributed by atoms with Crippen LogP contribution in [0.3, 0.4) is 0 Å². The van der Waals surface area contributed by atoms with Crippen LogP contribution in [0, 0.1) is 11.8 Å². The summed E-state index contributed by atoms with van der Waals surface area (Å²) in [5, 5.41) is 9.73. The summed E-state index contributed by atoms with van der Waals surface area (Å²) in [6.45, 7) is 2.65. The van der Waals surface area contributed by atoms with Gasteiger partial charge in [0, 0.05) is 12.4 Å². The molecule has 2 heterocycles. The van der Waals surface area contributed by atoms with E-state index < -0.39 is 11.4 Å². The van der Waals surface area contributed by atoms with Crippen LogP contribution in [0.4, 0.5) is 0 Å². The highest BCUT2D eigenvalue weighted by Crippen LogP contribution is 2.58. The molecular weight excluding hydrogens is 280 g/mol. The standard InChI is InChI=1S/C16H20N4O2/c1-11(5-6-17)12-8-16(12,15(21)22)13-9-20(10-19-13)14-4-2-3-7-18-14/h2-4,7,9-12H,5-6,8,17H2,1H3,(H,21,22)/t11-,12?,16?/m1/s1. The van der Waals surface area contributed by atoms with Gasteiger partial charge in [0.2, 0.25) is 0 Å². The van der Waals surface area contributed by atoms with Crippen LogP contribution < -0.4 is 5.73 Å². The molecule has 0 aromatic carbocycles. The van der Waals surface area contributed by atoms with Crippen LogP contribution in [-0.4, -0.2) is 32.2 Å². The number of imidazole rings is 1. The summed E-state index contributed by atoms with van der Waals surface area (Å²) in [7, 11) is 0. The maximum absolute atomic E-state index is 11.9. The molecule has 0 aliphatic heterocycles. The predicted octanol–water partition coefficient (Wildman–Crippen LogP) is 1.59. The van der Waals surface area contributed by atoms with Gasteiger partial charge in [-0.3, -0.25) is 9.36 Å². The molecule has 2 aromatic rings. The molecule has 0 radical (unpaired) electrons. The molecule has 1 aliphatic rings. The van der Waals surface area contributed by atoms with E-state index in [-0.39, 0.29) is 11.8 Å². The number of carboxylic acids is 1. The largest absolute Gasteiger partial charge is 0.481 e. The highest BCUT2D eigenvalue weighted by Gasteiger charge is 2.64. The van der Waals surface area contributed by atoms with Gasteiger partial charge in [0.05, 0.1) is 5.69 Å². The molecule has 6 heteroatoms. The Morgan fingerprint density at radius 1 is 1.55 bits per heavy atom. The molecule has 116 valence electrons. The normalized spacial score (nSPS) is 24.9. The van der Waals surface area contributed by atoms with Crippen molar-refractivity contribution in [3.8, 4) is 5.82 Å². The molecule has 6 nitrogen and oxygen atoms in total. The summed E-state index contributed by atoms with van der Waals surface area (Å²) in [5.41, 5.74) is 5.35. The number of pyridine rings is 1. The van der Waals surface area contributed by atoms with Gasteiger partial charge in [0.1, 0.15) is 17.6 Å². The minimum atomic E-state index is -0.866. The third-order valence-electron chi connectivity index (χ3n) is 4.66. The average Bonchev–Trinajstić information content (AvgIpc) is 3.10. The number of carbonyl (C=O) groups is 1. The Bertz CT molecular complexity index is 670. The van der Waals surface area contributed by atoms with Crippen molar-refractivity contribution in [1.82, 2.24) is 14.5 Å². The third-order valence-corrected chi connectivity index (χ3v) is 4.66. The van der Waals surface area contributed by atoms with Crippen molar-refractivity contribution >= 4 is 5.97 Å². The van der Waals surface area contributed by atoms with Crippen LogP contribution in [0.5, 0.6) is 0 Å². The lowest BCUT2D eigenvalue weighted by Gasteiger charge is -2.14. The molecule has 0 spiro atoms. The minimum absolute atomic E-state index is 0.0978. The SMILES string of the molecule is C[C@H](CCN)C1CC1(C(=O)O)c1cn(-c2ccccn2)cn1. The van der Waals surface area contributed by atoms with Gasteiger partial charge in [-0.25, -0.2) is 9.97 Å². The van der Waals surface area contributed by atoms with Gasteiger partial charge in [0.25, 0.3) is 0 Å². The van der Waals surface area contributed by atoms with Gasteiger partial charge in [-0.15, -0.1) is 0 Å². The Morgan fingerprint density at radius 3 is 3.00 bits per heavy atom. The topological polar surface area (TPSA) is 94.0 Å². The van der Waals surface area contributed by atoms with Crippen molar-refractivity contribution in [3.05, 3.63) is 42.6 Å². The van der Waals surface area contributed by atoms with Crippen LogP contribution >= 0.6 is 0 Å². The predicted molar refractivity (Wildman–Crippen MR) is 81.6 cm³/mol. The highest BCUT2D eigenvalue weighted by atomic mass is 16.4. The van der Waals surface area contributed by atoms with E-state index in [1.807, 2.05) is 18.2 Å². The number of aromatic nitrogens is 3. The van der Waals surface area contributed by atoms with Crippen molar-refractivity contribution in [1.29, 1.82) is 0 Å². The molecule has 3 rings (SSSR count). The fraction of sp³-hybridized carbons (Fsp3) is 0.438. The third kappa shape index (κ3) is 2.29. The molecule has 0 bridgehead atoms. The van der Waals surface area contributed by atoms with E-state index >= 15 is 0 Å². The van der Waals surface area contributed by atoms with Crippen LogP contribution in [0.25, 0.3) is 5.82 Å². The fourth-order valence-corrected chi connectivity index (χ4v) is 3.27. The van der Waals surface area contributed by atoms with E-state index in [9.17, 15) is 9.90 Å². The van der Waals surface area contributed by atoms with Gasteiger partial charge in [0.15, 0.2) is 0 Å². The molecule has 2 aromatic heterocycles. The van der Waals surface area contributed by atoms with Crippen LogP contribution in [-0.2, 0) is 10.2 Å². The van der Waals surface area contributed by atoms with E-state index in [1.165, 1.54) is 0 Å². The van der Waals surface area contributed by atoms with Gasteiger partial charge < -0.3 is 10.8 Å². The summed E-state index contributed by atoms with van der Waals surface area (Å²) >= 11 is 0. The smallest absolute Gasteiger partial charge is 0.316 e. The summed E-state index contributed by atoms with van der Waals surface area (Å²) in [6.07, 6.45) is 6.57. The van der Waals surface area contributed by atoms with E-state index in [1.54, 1.807) is 23.3 Å². The van der Waals surface area contributed by atoms with E-state index in [0.717, 1.165) is 12.2 Å². The number of rotatable bonds is 6. The molecule has 2 unspecified atom stereocenters. The molecule has 0 saturated heterocycles.